The Morgan fingerprint density at radius 1 is 1.10 bits per heavy atom. The van der Waals surface area contributed by atoms with Gasteiger partial charge >= 0.3 is 11.8 Å². The number of anilines is 1. The van der Waals surface area contributed by atoms with Gasteiger partial charge in [-0.15, -0.1) is 0 Å². The maximum absolute atomic E-state index is 15.0. The number of rotatable bonds is 4. The van der Waals surface area contributed by atoms with Crippen LogP contribution in [0.15, 0.2) is 23.1 Å². The summed E-state index contributed by atoms with van der Waals surface area (Å²) in [6.45, 7) is 18.1. The summed E-state index contributed by atoms with van der Waals surface area (Å²) in [6.07, 6.45) is 1.33. The standard InChI is InChI=1S/C29H38ClFN6O3/c1-15(2)19-10-11-32-22(16(3)4)23(19)37-25-20(12-21(31)24(30)33-25)26(34-27(37)38)36-17(5)13-35(14-18(36)6)28(39)40-29(7,8)9/h10-12,15-18H,13-14H2,1-9H3. The van der Waals surface area contributed by atoms with Crippen LogP contribution in [0.4, 0.5) is 15.0 Å². The number of hydrogen-bond donors (Lipinski definition) is 0. The van der Waals surface area contributed by atoms with Gasteiger partial charge in [-0.25, -0.2) is 23.5 Å². The number of piperazine rings is 1. The predicted molar refractivity (Wildman–Crippen MR) is 155 cm³/mol. The molecule has 0 aliphatic carbocycles. The Morgan fingerprint density at radius 3 is 2.27 bits per heavy atom. The van der Waals surface area contributed by atoms with Crippen molar-refractivity contribution in [2.45, 2.75) is 91.8 Å². The molecule has 1 fully saturated rings. The highest BCUT2D eigenvalue weighted by atomic mass is 35.5. The van der Waals surface area contributed by atoms with Crippen molar-refractivity contribution in [1.29, 1.82) is 0 Å². The van der Waals surface area contributed by atoms with E-state index in [0.717, 1.165) is 5.56 Å². The van der Waals surface area contributed by atoms with Crippen molar-refractivity contribution in [3.63, 3.8) is 0 Å². The molecule has 4 rings (SSSR count). The molecule has 1 aliphatic rings. The Morgan fingerprint density at radius 2 is 1.73 bits per heavy atom. The molecule has 11 heteroatoms. The highest BCUT2D eigenvalue weighted by Gasteiger charge is 2.36. The minimum Gasteiger partial charge on any atom is -0.444 e. The predicted octanol–water partition coefficient (Wildman–Crippen LogP) is 6.05. The first kappa shape index (κ1) is 29.7. The first-order chi connectivity index (χ1) is 18.6. The van der Waals surface area contributed by atoms with E-state index in [1.54, 1.807) is 11.1 Å². The quantitative estimate of drug-likeness (QED) is 0.351. The number of hydrogen-bond acceptors (Lipinski definition) is 7. The number of fused-ring (bicyclic) bond motifs is 1. The van der Waals surface area contributed by atoms with Gasteiger partial charge in [-0.3, -0.25) is 4.98 Å². The van der Waals surface area contributed by atoms with Gasteiger partial charge in [0.05, 0.1) is 16.8 Å². The van der Waals surface area contributed by atoms with E-state index in [9.17, 15) is 14.0 Å². The van der Waals surface area contributed by atoms with Crippen LogP contribution in [0.2, 0.25) is 5.15 Å². The first-order valence-electron chi connectivity index (χ1n) is 13.6. The molecule has 40 heavy (non-hydrogen) atoms. The van der Waals surface area contributed by atoms with Gasteiger partial charge in [0.1, 0.15) is 11.4 Å². The number of pyridine rings is 2. The number of carbonyl (C=O) groups is 1. The van der Waals surface area contributed by atoms with Crippen LogP contribution in [-0.2, 0) is 4.74 Å². The zero-order valence-corrected chi connectivity index (χ0v) is 25.4. The molecule has 1 saturated heterocycles. The third-order valence-electron chi connectivity index (χ3n) is 6.95. The lowest BCUT2D eigenvalue weighted by atomic mass is 9.97. The van der Waals surface area contributed by atoms with E-state index in [4.69, 9.17) is 16.3 Å². The summed E-state index contributed by atoms with van der Waals surface area (Å²) < 4.78 is 21.9. The molecule has 1 amide bonds. The zero-order chi connectivity index (χ0) is 29.7. The zero-order valence-electron chi connectivity index (χ0n) is 24.6. The lowest BCUT2D eigenvalue weighted by molar-refractivity contribution is 0.0192. The van der Waals surface area contributed by atoms with Crippen LogP contribution < -0.4 is 10.6 Å². The van der Waals surface area contributed by atoms with Crippen molar-refractivity contribution in [2.75, 3.05) is 18.0 Å². The van der Waals surface area contributed by atoms with E-state index in [0.29, 0.717) is 35.7 Å². The Hall–Kier alpha value is -3.27. The van der Waals surface area contributed by atoms with E-state index in [-0.39, 0.29) is 34.7 Å². The highest BCUT2D eigenvalue weighted by Crippen LogP contribution is 2.35. The van der Waals surface area contributed by atoms with Gasteiger partial charge in [0, 0.05) is 31.4 Å². The van der Waals surface area contributed by atoms with E-state index >= 15 is 0 Å². The average Bonchev–Trinajstić information content (AvgIpc) is 2.83. The van der Waals surface area contributed by atoms with E-state index in [2.05, 4.69) is 15.0 Å². The van der Waals surface area contributed by atoms with Crippen molar-refractivity contribution < 1.29 is 13.9 Å². The maximum atomic E-state index is 15.0. The minimum atomic E-state index is -0.713. The molecule has 3 aromatic heterocycles. The van der Waals surface area contributed by atoms with Gasteiger partial charge in [0.2, 0.25) is 0 Å². The molecular formula is C29H38ClFN6O3. The fraction of sp³-hybridized carbons (Fsp3) is 0.552. The molecule has 9 nitrogen and oxygen atoms in total. The number of aromatic nitrogens is 4. The largest absolute Gasteiger partial charge is 0.444 e. The summed E-state index contributed by atoms with van der Waals surface area (Å²) in [6, 6.07) is 2.65. The SMILES string of the molecule is CC(C)c1ccnc(C(C)C)c1-n1c(=O)nc(N2C(C)CN(C(=O)OC(C)(C)C)CC2C)c2cc(F)c(Cl)nc21. The lowest BCUT2D eigenvalue weighted by Gasteiger charge is -2.45. The summed E-state index contributed by atoms with van der Waals surface area (Å²) in [5, 5.41) is 0.00825. The number of carbonyl (C=O) groups excluding carboxylic acids is 1. The number of ether oxygens (including phenoxy) is 1. The molecule has 2 atom stereocenters. The smallest absolute Gasteiger partial charge is 0.410 e. The summed E-state index contributed by atoms with van der Waals surface area (Å²) in [5.41, 5.74) is 1.20. The molecular weight excluding hydrogens is 535 g/mol. The molecule has 0 radical (unpaired) electrons. The molecule has 4 heterocycles. The van der Waals surface area contributed by atoms with Crippen molar-refractivity contribution in [2.24, 2.45) is 0 Å². The van der Waals surface area contributed by atoms with Crippen LogP contribution in [0.5, 0.6) is 0 Å². The van der Waals surface area contributed by atoms with Gasteiger partial charge in [0.15, 0.2) is 16.6 Å². The molecule has 2 unspecified atom stereocenters. The van der Waals surface area contributed by atoms with E-state index < -0.39 is 23.2 Å². The number of nitrogens with zero attached hydrogens (tertiary/aromatic N) is 6. The van der Waals surface area contributed by atoms with E-state index in [1.807, 2.05) is 73.3 Å². The first-order valence-corrected chi connectivity index (χ1v) is 14.0. The van der Waals surface area contributed by atoms with Crippen LogP contribution in [0, 0.1) is 5.82 Å². The monoisotopic (exact) mass is 572 g/mol. The Bertz CT molecular complexity index is 1460. The lowest BCUT2D eigenvalue weighted by Crippen LogP contribution is -2.59. The van der Waals surface area contributed by atoms with Gasteiger partial charge < -0.3 is 14.5 Å². The van der Waals surface area contributed by atoms with Crippen molar-refractivity contribution >= 4 is 34.5 Å². The average molecular weight is 573 g/mol. The van der Waals surface area contributed by atoms with Crippen LogP contribution in [0.1, 0.15) is 85.4 Å². The second-order valence-electron chi connectivity index (χ2n) is 12.1. The van der Waals surface area contributed by atoms with E-state index in [1.165, 1.54) is 10.6 Å². The molecule has 0 aromatic carbocycles. The second kappa shape index (κ2) is 11.0. The molecule has 0 spiro atoms. The fourth-order valence-corrected chi connectivity index (χ4v) is 5.45. The third kappa shape index (κ3) is 5.64. The van der Waals surface area contributed by atoms with Crippen LogP contribution in [0.3, 0.4) is 0 Å². The molecule has 1 aliphatic heterocycles. The Labute approximate surface area is 239 Å². The molecule has 0 bridgehead atoms. The van der Waals surface area contributed by atoms with Crippen molar-refractivity contribution in [3.8, 4) is 5.69 Å². The van der Waals surface area contributed by atoms with Crippen molar-refractivity contribution in [3.05, 3.63) is 51.0 Å². The summed E-state index contributed by atoms with van der Waals surface area (Å²) in [4.78, 5) is 43.8. The highest BCUT2D eigenvalue weighted by molar-refractivity contribution is 6.30. The molecule has 216 valence electrons. The molecule has 0 saturated carbocycles. The van der Waals surface area contributed by atoms with Gasteiger partial charge in [-0.05, 0) is 64.2 Å². The topological polar surface area (TPSA) is 93.5 Å². The maximum Gasteiger partial charge on any atom is 0.410 e. The van der Waals surface area contributed by atoms with Crippen LogP contribution in [-0.4, -0.2) is 61.3 Å². The Balaban J connectivity index is 1.93. The molecule has 3 aromatic rings. The number of amides is 1. The fourth-order valence-electron chi connectivity index (χ4n) is 5.32. The second-order valence-corrected chi connectivity index (χ2v) is 12.5. The summed E-state index contributed by atoms with van der Waals surface area (Å²) >= 11 is 6.20. The minimum absolute atomic E-state index is 0.00720. The number of halogens is 2. The summed E-state index contributed by atoms with van der Waals surface area (Å²) in [7, 11) is 0. The molecule has 0 N–H and O–H groups in total. The summed E-state index contributed by atoms with van der Waals surface area (Å²) in [5.74, 6) is -0.361. The van der Waals surface area contributed by atoms with Gasteiger partial charge in [0.25, 0.3) is 0 Å². The van der Waals surface area contributed by atoms with Crippen LogP contribution in [0.25, 0.3) is 16.7 Å². The van der Waals surface area contributed by atoms with Crippen molar-refractivity contribution in [1.82, 2.24) is 24.4 Å². The van der Waals surface area contributed by atoms with Gasteiger partial charge in [-0.2, -0.15) is 4.98 Å². The Kier molecular flexibility index (Phi) is 8.13. The normalized spacial score (nSPS) is 18.2. The van der Waals surface area contributed by atoms with Gasteiger partial charge in [-0.1, -0.05) is 39.3 Å². The third-order valence-corrected chi connectivity index (χ3v) is 7.22. The van der Waals surface area contributed by atoms with Crippen LogP contribution >= 0.6 is 11.6 Å².